The first kappa shape index (κ1) is 13.6. The van der Waals surface area contributed by atoms with Crippen LogP contribution in [0.15, 0.2) is 60.7 Å². The maximum atomic E-state index is 14.1. The molecule has 1 N–H and O–H groups in total. The zero-order chi connectivity index (χ0) is 14.8. The second-order valence-corrected chi connectivity index (χ2v) is 4.95. The topological polar surface area (TPSA) is 29.5 Å². The highest BCUT2D eigenvalue weighted by atomic mass is 19.1. The van der Waals surface area contributed by atoms with Crippen LogP contribution in [-0.2, 0) is 0 Å². The summed E-state index contributed by atoms with van der Waals surface area (Å²) in [4.78, 5) is 0. The molecule has 0 fully saturated rings. The minimum absolute atomic E-state index is 0.149. The van der Waals surface area contributed by atoms with Gasteiger partial charge in [0.15, 0.2) is 11.6 Å². The number of aliphatic hydroxyl groups excluding tert-OH is 1. The Kier molecular flexibility index (Phi) is 3.59. The van der Waals surface area contributed by atoms with Crippen molar-refractivity contribution >= 4 is 10.8 Å². The quantitative estimate of drug-likeness (QED) is 0.746. The third kappa shape index (κ3) is 2.73. The Morgan fingerprint density at radius 1 is 0.952 bits per heavy atom. The molecule has 0 bridgehead atoms. The number of halogens is 1. The third-order valence-corrected chi connectivity index (χ3v) is 3.41. The van der Waals surface area contributed by atoms with E-state index in [2.05, 4.69) is 0 Å². The molecule has 0 aliphatic rings. The fraction of sp³-hybridized carbons (Fsp3) is 0.111. The van der Waals surface area contributed by atoms with Gasteiger partial charge in [-0.2, -0.15) is 0 Å². The summed E-state index contributed by atoms with van der Waals surface area (Å²) in [6, 6.07) is 18.0. The molecule has 0 aliphatic carbocycles. The Morgan fingerprint density at radius 3 is 2.48 bits per heavy atom. The Balaban J connectivity index is 1.99. The first-order chi connectivity index (χ1) is 10.1. The van der Waals surface area contributed by atoms with Gasteiger partial charge in [-0.05, 0) is 36.1 Å². The van der Waals surface area contributed by atoms with E-state index in [1.54, 1.807) is 19.1 Å². The van der Waals surface area contributed by atoms with Gasteiger partial charge in [0.1, 0.15) is 5.75 Å². The maximum Gasteiger partial charge on any atom is 0.166 e. The molecule has 0 unspecified atom stereocenters. The van der Waals surface area contributed by atoms with Gasteiger partial charge in [-0.1, -0.05) is 42.5 Å². The summed E-state index contributed by atoms with van der Waals surface area (Å²) >= 11 is 0. The zero-order valence-electron chi connectivity index (χ0n) is 11.6. The Bertz CT molecular complexity index is 776. The summed E-state index contributed by atoms with van der Waals surface area (Å²) in [5.74, 6) is 0.272. The van der Waals surface area contributed by atoms with Crippen molar-refractivity contribution in [3.8, 4) is 11.5 Å². The normalized spacial score (nSPS) is 12.3. The summed E-state index contributed by atoms with van der Waals surface area (Å²) in [5, 5.41) is 11.4. The average Bonchev–Trinajstić information content (AvgIpc) is 2.49. The van der Waals surface area contributed by atoms with Crippen LogP contribution < -0.4 is 4.74 Å². The lowest BCUT2D eigenvalue weighted by molar-refractivity contribution is 0.198. The van der Waals surface area contributed by atoms with Crippen molar-refractivity contribution < 1.29 is 14.2 Å². The van der Waals surface area contributed by atoms with Gasteiger partial charge in [-0.3, -0.25) is 0 Å². The van der Waals surface area contributed by atoms with E-state index < -0.39 is 11.9 Å². The number of hydrogen-bond donors (Lipinski definition) is 1. The van der Waals surface area contributed by atoms with Crippen LogP contribution in [0.1, 0.15) is 18.6 Å². The van der Waals surface area contributed by atoms with Crippen LogP contribution in [0.3, 0.4) is 0 Å². The predicted octanol–water partition coefficient (Wildman–Crippen LogP) is 4.82. The van der Waals surface area contributed by atoms with Gasteiger partial charge < -0.3 is 9.84 Å². The Hall–Kier alpha value is -2.39. The molecule has 0 radical (unpaired) electrons. The molecular formula is C18H15FO2. The van der Waals surface area contributed by atoms with Crippen LogP contribution in [0.25, 0.3) is 10.8 Å². The first-order valence-corrected chi connectivity index (χ1v) is 6.78. The highest BCUT2D eigenvalue weighted by Crippen LogP contribution is 2.32. The highest BCUT2D eigenvalue weighted by molar-refractivity contribution is 5.88. The van der Waals surface area contributed by atoms with Crippen molar-refractivity contribution in [2.75, 3.05) is 0 Å². The van der Waals surface area contributed by atoms with Crippen LogP contribution in [0.5, 0.6) is 11.5 Å². The molecule has 106 valence electrons. The van der Waals surface area contributed by atoms with Crippen LogP contribution in [0, 0.1) is 5.82 Å². The lowest BCUT2D eigenvalue weighted by Gasteiger charge is -2.11. The summed E-state index contributed by atoms with van der Waals surface area (Å²) in [6.45, 7) is 1.60. The Labute approximate surface area is 122 Å². The van der Waals surface area contributed by atoms with Gasteiger partial charge >= 0.3 is 0 Å². The van der Waals surface area contributed by atoms with Gasteiger partial charge in [-0.25, -0.2) is 4.39 Å². The van der Waals surface area contributed by atoms with Crippen LogP contribution >= 0.6 is 0 Å². The first-order valence-electron chi connectivity index (χ1n) is 6.78. The van der Waals surface area contributed by atoms with E-state index in [-0.39, 0.29) is 5.75 Å². The smallest absolute Gasteiger partial charge is 0.166 e. The minimum atomic E-state index is -0.703. The maximum absolute atomic E-state index is 14.1. The molecule has 21 heavy (non-hydrogen) atoms. The number of benzene rings is 3. The van der Waals surface area contributed by atoms with Gasteiger partial charge in [-0.15, -0.1) is 0 Å². The second-order valence-electron chi connectivity index (χ2n) is 4.95. The van der Waals surface area contributed by atoms with E-state index in [1.807, 2.05) is 42.5 Å². The van der Waals surface area contributed by atoms with Gasteiger partial charge in [0, 0.05) is 5.39 Å². The molecule has 3 aromatic rings. The van der Waals surface area contributed by atoms with E-state index in [0.717, 1.165) is 10.8 Å². The number of ether oxygens (including phenoxy) is 1. The van der Waals surface area contributed by atoms with Crippen molar-refractivity contribution in [1.82, 2.24) is 0 Å². The second kappa shape index (κ2) is 5.54. The molecule has 3 heteroatoms. The number of hydrogen-bond acceptors (Lipinski definition) is 2. The van der Waals surface area contributed by atoms with Crippen LogP contribution in [0.2, 0.25) is 0 Å². The van der Waals surface area contributed by atoms with Crippen molar-refractivity contribution in [2.45, 2.75) is 13.0 Å². The van der Waals surface area contributed by atoms with E-state index >= 15 is 0 Å². The minimum Gasteiger partial charge on any atom is -0.454 e. The van der Waals surface area contributed by atoms with Crippen molar-refractivity contribution in [1.29, 1.82) is 0 Å². The summed E-state index contributed by atoms with van der Waals surface area (Å²) in [5.41, 5.74) is 0.526. The van der Waals surface area contributed by atoms with E-state index in [4.69, 9.17) is 4.74 Å². The number of aliphatic hydroxyl groups is 1. The molecule has 0 spiro atoms. The lowest BCUT2D eigenvalue weighted by Crippen LogP contribution is -1.95. The molecule has 3 rings (SSSR count). The van der Waals surface area contributed by atoms with Crippen LogP contribution in [-0.4, -0.2) is 5.11 Å². The molecule has 0 aliphatic heterocycles. The predicted molar refractivity (Wildman–Crippen MR) is 81.1 cm³/mol. The lowest BCUT2D eigenvalue weighted by atomic mass is 10.1. The standard InChI is InChI=1S/C18H15FO2/c1-12(20)14-9-10-18(16(19)11-14)21-17-8-4-6-13-5-2-3-7-15(13)17/h2-12,20H,1H3/t12-/m0/s1. The molecule has 2 nitrogen and oxygen atoms in total. The summed E-state index contributed by atoms with van der Waals surface area (Å²) < 4.78 is 19.8. The number of rotatable bonds is 3. The molecule has 0 amide bonds. The SMILES string of the molecule is C[C@H](O)c1ccc(Oc2cccc3ccccc23)c(F)c1. The average molecular weight is 282 g/mol. The van der Waals surface area contributed by atoms with Crippen molar-refractivity contribution in [3.05, 3.63) is 72.0 Å². The van der Waals surface area contributed by atoms with Crippen LogP contribution in [0.4, 0.5) is 4.39 Å². The fourth-order valence-corrected chi connectivity index (χ4v) is 2.26. The molecule has 0 saturated heterocycles. The molecule has 1 atom stereocenters. The van der Waals surface area contributed by atoms with Gasteiger partial charge in [0.2, 0.25) is 0 Å². The van der Waals surface area contributed by atoms with E-state index in [1.165, 1.54) is 6.07 Å². The molecule has 0 aromatic heterocycles. The fourth-order valence-electron chi connectivity index (χ4n) is 2.26. The monoisotopic (exact) mass is 282 g/mol. The van der Waals surface area contributed by atoms with E-state index in [0.29, 0.717) is 11.3 Å². The van der Waals surface area contributed by atoms with Crippen molar-refractivity contribution in [3.63, 3.8) is 0 Å². The Morgan fingerprint density at radius 2 is 1.71 bits per heavy atom. The molecule has 0 heterocycles. The third-order valence-electron chi connectivity index (χ3n) is 3.41. The molecular weight excluding hydrogens is 267 g/mol. The highest BCUT2D eigenvalue weighted by Gasteiger charge is 2.10. The summed E-state index contributed by atoms with van der Waals surface area (Å²) in [7, 11) is 0. The zero-order valence-corrected chi connectivity index (χ0v) is 11.6. The molecule has 0 saturated carbocycles. The summed E-state index contributed by atoms with van der Waals surface area (Å²) in [6.07, 6.45) is -0.703. The largest absolute Gasteiger partial charge is 0.454 e. The van der Waals surface area contributed by atoms with Gasteiger partial charge in [0.05, 0.1) is 6.10 Å². The van der Waals surface area contributed by atoms with Gasteiger partial charge in [0.25, 0.3) is 0 Å². The molecule has 3 aromatic carbocycles. The van der Waals surface area contributed by atoms with E-state index in [9.17, 15) is 9.50 Å². The van der Waals surface area contributed by atoms with Crippen molar-refractivity contribution in [2.24, 2.45) is 0 Å². The number of fused-ring (bicyclic) bond motifs is 1.